The van der Waals surface area contributed by atoms with Crippen LogP contribution in [-0.2, 0) is 4.74 Å². The lowest BCUT2D eigenvalue weighted by molar-refractivity contribution is 0.198. The fraction of sp³-hybridized carbons (Fsp3) is 0.538. The van der Waals surface area contributed by atoms with Crippen LogP contribution in [0.25, 0.3) is 0 Å². The van der Waals surface area contributed by atoms with Crippen LogP contribution < -0.4 is 15.8 Å². The van der Waals surface area contributed by atoms with Gasteiger partial charge in [-0.1, -0.05) is 6.07 Å². The van der Waals surface area contributed by atoms with Crippen LogP contribution in [0.4, 0.5) is 11.4 Å². The van der Waals surface area contributed by atoms with Crippen LogP contribution in [0.15, 0.2) is 18.2 Å². The van der Waals surface area contributed by atoms with Crippen molar-refractivity contribution < 1.29 is 9.47 Å². The Hall–Kier alpha value is -1.42. The predicted octanol–water partition coefficient (Wildman–Crippen LogP) is 2.50. The van der Waals surface area contributed by atoms with Gasteiger partial charge in [0, 0.05) is 20.3 Å². The molecule has 0 radical (unpaired) electrons. The van der Waals surface area contributed by atoms with Crippen molar-refractivity contribution in [2.45, 2.75) is 26.4 Å². The molecule has 17 heavy (non-hydrogen) atoms. The second-order valence-electron chi connectivity index (χ2n) is 4.16. The van der Waals surface area contributed by atoms with E-state index in [1.54, 1.807) is 7.11 Å². The molecule has 0 aromatic heterocycles. The molecule has 0 heterocycles. The second kappa shape index (κ2) is 7.01. The minimum atomic E-state index is 0.126. The normalized spacial score (nSPS) is 10.6. The first-order valence-electron chi connectivity index (χ1n) is 5.93. The van der Waals surface area contributed by atoms with Crippen molar-refractivity contribution in [3.05, 3.63) is 18.2 Å². The maximum Gasteiger partial charge on any atom is 0.144 e. The van der Waals surface area contributed by atoms with Crippen molar-refractivity contribution in [2.75, 3.05) is 31.3 Å². The molecule has 0 amide bonds. The van der Waals surface area contributed by atoms with E-state index in [2.05, 4.69) is 5.32 Å². The zero-order valence-electron chi connectivity index (χ0n) is 10.8. The molecule has 1 rings (SSSR count). The summed E-state index contributed by atoms with van der Waals surface area (Å²) in [6.07, 6.45) is 1.08. The maximum absolute atomic E-state index is 6.03. The predicted molar refractivity (Wildman–Crippen MR) is 71.6 cm³/mol. The van der Waals surface area contributed by atoms with E-state index in [4.69, 9.17) is 15.2 Å². The van der Waals surface area contributed by atoms with Gasteiger partial charge in [-0.2, -0.15) is 0 Å². The topological polar surface area (TPSA) is 56.5 Å². The number of nitrogen functional groups attached to an aromatic ring is 1. The summed E-state index contributed by atoms with van der Waals surface area (Å²) in [7, 11) is 1.70. The van der Waals surface area contributed by atoms with Crippen LogP contribution in [0, 0.1) is 0 Å². The number of anilines is 2. The summed E-state index contributed by atoms with van der Waals surface area (Å²) in [6.45, 7) is 5.55. The van der Waals surface area contributed by atoms with Crippen LogP contribution >= 0.6 is 0 Å². The molecule has 1 aromatic carbocycles. The van der Waals surface area contributed by atoms with Gasteiger partial charge < -0.3 is 20.5 Å². The van der Waals surface area contributed by atoms with E-state index in [-0.39, 0.29) is 6.10 Å². The Balaban J connectivity index is 2.59. The third-order valence-electron chi connectivity index (χ3n) is 2.27. The van der Waals surface area contributed by atoms with Gasteiger partial charge in [-0.3, -0.25) is 0 Å². The number of nitrogens with two attached hydrogens (primary N) is 1. The number of rotatable bonds is 7. The highest BCUT2D eigenvalue weighted by atomic mass is 16.5. The first kappa shape index (κ1) is 13.6. The molecule has 0 bridgehead atoms. The van der Waals surface area contributed by atoms with Crippen LogP contribution in [0.3, 0.4) is 0 Å². The Morgan fingerprint density at radius 1 is 1.35 bits per heavy atom. The molecule has 0 aliphatic rings. The molecule has 0 atom stereocenters. The lowest BCUT2D eigenvalue weighted by atomic mass is 10.2. The summed E-state index contributed by atoms with van der Waals surface area (Å²) in [5.74, 6) is 0.733. The van der Waals surface area contributed by atoms with Gasteiger partial charge in [0.1, 0.15) is 5.75 Å². The second-order valence-corrected chi connectivity index (χ2v) is 4.16. The first-order valence-corrected chi connectivity index (χ1v) is 5.93. The van der Waals surface area contributed by atoms with Gasteiger partial charge in [0.2, 0.25) is 0 Å². The molecule has 0 unspecified atom stereocenters. The molecule has 0 aliphatic carbocycles. The van der Waals surface area contributed by atoms with Crippen LogP contribution in [0.1, 0.15) is 20.3 Å². The van der Waals surface area contributed by atoms with Crippen molar-refractivity contribution >= 4 is 11.4 Å². The monoisotopic (exact) mass is 238 g/mol. The summed E-state index contributed by atoms with van der Waals surface area (Å²) in [4.78, 5) is 0. The van der Waals surface area contributed by atoms with Crippen molar-refractivity contribution in [3.8, 4) is 5.75 Å². The van der Waals surface area contributed by atoms with Gasteiger partial charge >= 0.3 is 0 Å². The van der Waals surface area contributed by atoms with Gasteiger partial charge in [-0.25, -0.2) is 0 Å². The number of para-hydroxylation sites is 1. The largest absolute Gasteiger partial charge is 0.489 e. The summed E-state index contributed by atoms with van der Waals surface area (Å²) in [5, 5.41) is 3.28. The van der Waals surface area contributed by atoms with E-state index in [9.17, 15) is 0 Å². The number of nitrogens with one attached hydrogen (secondary N) is 1. The lowest BCUT2D eigenvalue weighted by Gasteiger charge is -2.15. The van der Waals surface area contributed by atoms with Crippen LogP contribution in [-0.4, -0.2) is 26.4 Å². The Labute approximate surface area is 103 Å². The van der Waals surface area contributed by atoms with Crippen molar-refractivity contribution in [1.82, 2.24) is 0 Å². The molecule has 4 nitrogen and oxygen atoms in total. The number of ether oxygens (including phenoxy) is 2. The fourth-order valence-corrected chi connectivity index (χ4v) is 1.49. The standard InChI is InChI=1S/C13H22N2O2/c1-10(2)17-12-7-4-6-11(13(12)14)15-8-5-9-16-3/h4,6-7,10,15H,5,8-9,14H2,1-3H3. The van der Waals surface area contributed by atoms with E-state index < -0.39 is 0 Å². The van der Waals surface area contributed by atoms with Gasteiger partial charge in [-0.15, -0.1) is 0 Å². The van der Waals surface area contributed by atoms with Crippen LogP contribution in [0.2, 0.25) is 0 Å². The van der Waals surface area contributed by atoms with Crippen molar-refractivity contribution in [2.24, 2.45) is 0 Å². The van der Waals surface area contributed by atoms with Crippen LogP contribution in [0.5, 0.6) is 5.75 Å². The quantitative estimate of drug-likeness (QED) is 0.566. The van der Waals surface area contributed by atoms with Gasteiger partial charge in [0.15, 0.2) is 0 Å². The molecule has 0 fully saturated rings. The van der Waals surface area contributed by atoms with Crippen molar-refractivity contribution in [1.29, 1.82) is 0 Å². The highest BCUT2D eigenvalue weighted by Crippen LogP contribution is 2.29. The molecule has 0 saturated carbocycles. The molecule has 0 saturated heterocycles. The van der Waals surface area contributed by atoms with E-state index >= 15 is 0 Å². The number of benzene rings is 1. The zero-order valence-corrected chi connectivity index (χ0v) is 10.8. The molecule has 3 N–H and O–H groups in total. The third-order valence-corrected chi connectivity index (χ3v) is 2.27. The number of methoxy groups -OCH3 is 1. The molecule has 96 valence electrons. The first-order chi connectivity index (χ1) is 8.15. The fourth-order valence-electron chi connectivity index (χ4n) is 1.49. The summed E-state index contributed by atoms with van der Waals surface area (Å²) in [5.41, 5.74) is 7.61. The average Bonchev–Trinajstić information content (AvgIpc) is 2.28. The molecule has 4 heteroatoms. The third kappa shape index (κ3) is 4.53. The van der Waals surface area contributed by atoms with E-state index in [0.29, 0.717) is 5.69 Å². The number of hydrogen-bond donors (Lipinski definition) is 2. The zero-order chi connectivity index (χ0) is 12.7. The van der Waals surface area contributed by atoms with Gasteiger partial charge in [0.25, 0.3) is 0 Å². The summed E-state index contributed by atoms with van der Waals surface area (Å²) in [6, 6.07) is 5.78. The highest BCUT2D eigenvalue weighted by Gasteiger charge is 2.06. The Morgan fingerprint density at radius 3 is 2.76 bits per heavy atom. The maximum atomic E-state index is 6.03. The van der Waals surface area contributed by atoms with Crippen molar-refractivity contribution in [3.63, 3.8) is 0 Å². The SMILES string of the molecule is COCCCNc1cccc(OC(C)C)c1N. The van der Waals surface area contributed by atoms with E-state index in [1.165, 1.54) is 0 Å². The molecule has 0 aliphatic heterocycles. The average molecular weight is 238 g/mol. The highest BCUT2D eigenvalue weighted by molar-refractivity contribution is 5.72. The summed E-state index contributed by atoms with van der Waals surface area (Å²) < 4.78 is 10.6. The van der Waals surface area contributed by atoms with Gasteiger partial charge in [0.05, 0.1) is 17.5 Å². The molecule has 1 aromatic rings. The smallest absolute Gasteiger partial charge is 0.144 e. The Bertz CT molecular complexity index is 340. The van der Waals surface area contributed by atoms with E-state index in [1.807, 2.05) is 32.0 Å². The number of hydrogen-bond acceptors (Lipinski definition) is 4. The van der Waals surface area contributed by atoms with E-state index in [0.717, 1.165) is 31.0 Å². The summed E-state index contributed by atoms with van der Waals surface area (Å²) >= 11 is 0. The van der Waals surface area contributed by atoms with Gasteiger partial charge in [-0.05, 0) is 32.4 Å². The Morgan fingerprint density at radius 2 is 2.12 bits per heavy atom. The molecular weight excluding hydrogens is 216 g/mol. The minimum absolute atomic E-state index is 0.126. The Kier molecular flexibility index (Phi) is 5.63. The molecule has 0 spiro atoms. The lowest BCUT2D eigenvalue weighted by Crippen LogP contribution is -2.10. The molecular formula is C13H22N2O2. The minimum Gasteiger partial charge on any atom is -0.489 e.